The first-order chi connectivity index (χ1) is 8.44. The summed E-state index contributed by atoms with van der Waals surface area (Å²) in [4.78, 5) is 23.4. The van der Waals surface area contributed by atoms with Crippen LogP contribution in [0.25, 0.3) is 0 Å². The van der Waals surface area contributed by atoms with Gasteiger partial charge in [-0.1, -0.05) is 26.2 Å². The fourth-order valence-corrected chi connectivity index (χ4v) is 3.58. The number of rotatable bonds is 0. The molecule has 3 heteroatoms. The average molecular weight is 244 g/mol. The fourth-order valence-electron chi connectivity index (χ4n) is 3.58. The first-order valence-electron chi connectivity index (χ1n) is 6.26. The van der Waals surface area contributed by atoms with Crippen LogP contribution in [0.4, 0.5) is 0 Å². The highest BCUT2D eigenvalue weighted by molar-refractivity contribution is 6.05. The third kappa shape index (κ3) is 1.30. The molecular weight excluding hydrogens is 228 g/mol. The molecule has 3 aliphatic rings. The van der Waals surface area contributed by atoms with Crippen LogP contribution in [0.3, 0.4) is 0 Å². The molecule has 0 radical (unpaired) electrons. The Kier molecular flexibility index (Phi) is 2.19. The largest absolute Gasteiger partial charge is 0.458 e. The first kappa shape index (κ1) is 11.5. The zero-order valence-electron chi connectivity index (χ0n) is 10.4. The molecule has 0 unspecified atom stereocenters. The van der Waals surface area contributed by atoms with Gasteiger partial charge < -0.3 is 4.74 Å². The maximum absolute atomic E-state index is 11.8. The van der Waals surface area contributed by atoms with Gasteiger partial charge in [0.05, 0.1) is 0 Å². The van der Waals surface area contributed by atoms with E-state index in [9.17, 15) is 9.59 Å². The Labute approximate surface area is 106 Å². The van der Waals surface area contributed by atoms with Crippen LogP contribution in [-0.4, -0.2) is 17.9 Å². The van der Waals surface area contributed by atoms with Crippen molar-refractivity contribution in [3.05, 3.63) is 36.5 Å². The molecule has 4 atom stereocenters. The lowest BCUT2D eigenvalue weighted by atomic mass is 9.57. The predicted octanol–water partition coefficient (Wildman–Crippen LogP) is 2.20. The van der Waals surface area contributed by atoms with E-state index >= 15 is 0 Å². The van der Waals surface area contributed by atoms with Crippen molar-refractivity contribution in [3.8, 4) is 0 Å². The van der Waals surface area contributed by atoms with Crippen molar-refractivity contribution in [2.24, 2.45) is 17.3 Å². The van der Waals surface area contributed by atoms with Crippen LogP contribution in [0.5, 0.6) is 0 Å². The molecule has 0 aromatic rings. The highest BCUT2D eigenvalue weighted by Gasteiger charge is 2.55. The zero-order valence-corrected chi connectivity index (χ0v) is 10.4. The molecule has 0 aromatic heterocycles. The molecule has 1 heterocycles. The van der Waals surface area contributed by atoms with Gasteiger partial charge in [-0.15, -0.1) is 0 Å². The quantitative estimate of drug-likeness (QED) is 0.484. The highest BCUT2D eigenvalue weighted by atomic mass is 16.6. The van der Waals surface area contributed by atoms with E-state index in [-0.39, 0.29) is 35.1 Å². The molecule has 94 valence electrons. The summed E-state index contributed by atoms with van der Waals surface area (Å²) in [6.07, 6.45) is 5.11. The molecule has 3 rings (SSSR count). The van der Waals surface area contributed by atoms with Gasteiger partial charge >= 0.3 is 5.97 Å². The van der Waals surface area contributed by atoms with E-state index in [0.717, 1.165) is 12.8 Å². The highest BCUT2D eigenvalue weighted by Crippen LogP contribution is 2.54. The molecule has 3 nitrogen and oxygen atoms in total. The van der Waals surface area contributed by atoms with Crippen molar-refractivity contribution in [1.29, 1.82) is 0 Å². The van der Waals surface area contributed by atoms with Crippen LogP contribution < -0.4 is 0 Å². The SMILES string of the molecule is C=C1C(=O)C=C[C@]2(C)CC[C@H]3C(=C)C(=O)O[C@H]3[C@@H]12. The molecule has 0 N–H and O–H groups in total. The number of carbonyl (C=O) groups excluding carboxylic acids is 2. The van der Waals surface area contributed by atoms with Crippen LogP contribution >= 0.6 is 0 Å². The number of esters is 1. The van der Waals surface area contributed by atoms with Crippen LogP contribution in [0.1, 0.15) is 19.8 Å². The van der Waals surface area contributed by atoms with Crippen molar-refractivity contribution < 1.29 is 14.3 Å². The number of allylic oxidation sites excluding steroid dienone is 2. The minimum absolute atomic E-state index is 0.0478. The Morgan fingerprint density at radius 2 is 2.06 bits per heavy atom. The molecule has 2 fully saturated rings. The first-order valence-corrected chi connectivity index (χ1v) is 6.26. The Hall–Kier alpha value is -1.64. The van der Waals surface area contributed by atoms with Crippen LogP contribution in [0, 0.1) is 17.3 Å². The number of carbonyl (C=O) groups is 2. The third-order valence-electron chi connectivity index (χ3n) is 4.69. The number of ether oxygens (including phenoxy) is 1. The zero-order chi connectivity index (χ0) is 13.1. The van der Waals surface area contributed by atoms with Gasteiger partial charge in [0.2, 0.25) is 0 Å². The van der Waals surface area contributed by atoms with Gasteiger partial charge in [-0.05, 0) is 29.9 Å². The molecule has 0 bridgehead atoms. The molecule has 0 spiro atoms. The summed E-state index contributed by atoms with van der Waals surface area (Å²) in [5.41, 5.74) is 0.992. The Balaban J connectivity index is 2.06. The Morgan fingerprint density at radius 1 is 1.33 bits per heavy atom. The van der Waals surface area contributed by atoms with E-state index in [2.05, 4.69) is 20.1 Å². The lowest BCUT2D eigenvalue weighted by molar-refractivity contribution is -0.144. The van der Waals surface area contributed by atoms with Crippen molar-refractivity contribution in [2.45, 2.75) is 25.9 Å². The van der Waals surface area contributed by atoms with E-state index in [1.165, 1.54) is 0 Å². The van der Waals surface area contributed by atoms with Gasteiger partial charge in [0.1, 0.15) is 6.10 Å². The molecule has 18 heavy (non-hydrogen) atoms. The van der Waals surface area contributed by atoms with Crippen LogP contribution in [-0.2, 0) is 14.3 Å². The van der Waals surface area contributed by atoms with Gasteiger partial charge in [0, 0.05) is 17.4 Å². The smallest absolute Gasteiger partial charge is 0.334 e. The van der Waals surface area contributed by atoms with Crippen LogP contribution in [0.2, 0.25) is 0 Å². The standard InChI is InChI=1S/C15H16O3/c1-8-10-4-6-15(3)7-5-11(16)9(2)12(15)13(10)18-14(8)17/h5,7,10,12-13H,1-2,4,6H2,3H3/t10-,12+,13+,15-/m0/s1. The second-order valence-corrected chi connectivity index (χ2v) is 5.75. The Morgan fingerprint density at radius 3 is 2.78 bits per heavy atom. The van der Waals surface area contributed by atoms with E-state index in [0.29, 0.717) is 11.1 Å². The maximum atomic E-state index is 11.8. The van der Waals surface area contributed by atoms with E-state index in [1.807, 2.05) is 6.08 Å². The monoisotopic (exact) mass is 244 g/mol. The minimum Gasteiger partial charge on any atom is -0.458 e. The molecule has 0 amide bonds. The number of hydrogen-bond donors (Lipinski definition) is 0. The molecule has 0 aromatic carbocycles. The van der Waals surface area contributed by atoms with E-state index in [4.69, 9.17) is 4.74 Å². The van der Waals surface area contributed by atoms with Gasteiger partial charge in [0.15, 0.2) is 5.78 Å². The summed E-state index contributed by atoms with van der Waals surface area (Å²) >= 11 is 0. The molecule has 1 saturated carbocycles. The summed E-state index contributed by atoms with van der Waals surface area (Å²) in [5, 5.41) is 0. The van der Waals surface area contributed by atoms with Crippen molar-refractivity contribution >= 4 is 11.8 Å². The van der Waals surface area contributed by atoms with E-state index in [1.54, 1.807) is 6.08 Å². The second-order valence-electron chi connectivity index (χ2n) is 5.75. The van der Waals surface area contributed by atoms with Gasteiger partial charge in [-0.25, -0.2) is 4.79 Å². The van der Waals surface area contributed by atoms with Gasteiger partial charge in [-0.3, -0.25) is 4.79 Å². The molecular formula is C15H16O3. The van der Waals surface area contributed by atoms with Gasteiger partial charge in [-0.2, -0.15) is 0 Å². The number of fused-ring (bicyclic) bond motifs is 3. The summed E-state index contributed by atoms with van der Waals surface area (Å²) in [7, 11) is 0. The maximum Gasteiger partial charge on any atom is 0.334 e. The summed E-state index contributed by atoms with van der Waals surface area (Å²) in [6, 6.07) is 0. The van der Waals surface area contributed by atoms with Crippen molar-refractivity contribution in [1.82, 2.24) is 0 Å². The normalized spacial score (nSPS) is 42.6. The van der Waals surface area contributed by atoms with Gasteiger partial charge in [0.25, 0.3) is 0 Å². The summed E-state index contributed by atoms with van der Waals surface area (Å²) in [5.74, 6) is -0.417. The summed E-state index contributed by atoms with van der Waals surface area (Å²) in [6.45, 7) is 9.84. The fraction of sp³-hybridized carbons (Fsp3) is 0.467. The van der Waals surface area contributed by atoms with Crippen molar-refractivity contribution in [2.75, 3.05) is 0 Å². The van der Waals surface area contributed by atoms with Crippen LogP contribution in [0.15, 0.2) is 36.5 Å². The third-order valence-corrected chi connectivity index (χ3v) is 4.69. The lowest BCUT2D eigenvalue weighted by Gasteiger charge is -2.46. The summed E-state index contributed by atoms with van der Waals surface area (Å²) < 4.78 is 5.45. The minimum atomic E-state index is -0.316. The average Bonchev–Trinajstić information content (AvgIpc) is 2.60. The van der Waals surface area contributed by atoms with E-state index < -0.39 is 0 Å². The molecule has 2 aliphatic carbocycles. The number of ketones is 1. The Bertz CT molecular complexity index is 514. The molecule has 1 saturated heterocycles. The lowest BCUT2D eigenvalue weighted by Crippen LogP contribution is -2.46. The molecule has 1 aliphatic heterocycles. The second kappa shape index (κ2) is 3.44. The predicted molar refractivity (Wildman–Crippen MR) is 66.6 cm³/mol. The number of hydrogen-bond acceptors (Lipinski definition) is 3. The topological polar surface area (TPSA) is 43.4 Å². The van der Waals surface area contributed by atoms with Crippen molar-refractivity contribution in [3.63, 3.8) is 0 Å².